The van der Waals surface area contributed by atoms with Gasteiger partial charge in [-0.05, 0) is 31.2 Å². The topological polar surface area (TPSA) is 64.1 Å². The summed E-state index contributed by atoms with van der Waals surface area (Å²) < 4.78 is 5.63. The van der Waals surface area contributed by atoms with E-state index in [1.165, 1.54) is 11.3 Å². The summed E-state index contributed by atoms with van der Waals surface area (Å²) in [4.78, 5) is 12.2. The summed E-state index contributed by atoms with van der Waals surface area (Å²) >= 11 is 1.36. The Labute approximate surface area is 144 Å². The Morgan fingerprint density at radius 2 is 1.96 bits per heavy atom. The molecule has 0 saturated carbocycles. The van der Waals surface area contributed by atoms with Crippen molar-refractivity contribution < 1.29 is 9.53 Å². The quantitative estimate of drug-likeness (QED) is 0.743. The van der Waals surface area contributed by atoms with Crippen LogP contribution in [-0.2, 0) is 6.42 Å². The van der Waals surface area contributed by atoms with E-state index in [9.17, 15) is 4.79 Å². The van der Waals surface area contributed by atoms with Crippen molar-refractivity contribution in [2.75, 3.05) is 11.9 Å². The summed E-state index contributed by atoms with van der Waals surface area (Å²) in [7, 11) is 0. The molecule has 0 atom stereocenters. The molecule has 3 rings (SSSR count). The van der Waals surface area contributed by atoms with Gasteiger partial charge in [-0.25, -0.2) is 0 Å². The number of carbonyl (C=O) groups excluding carboxylic acids is 1. The molecule has 6 heteroatoms. The third-order valence-corrected chi connectivity index (χ3v) is 4.19. The number of anilines is 1. The van der Waals surface area contributed by atoms with Gasteiger partial charge < -0.3 is 4.74 Å². The molecule has 0 bridgehead atoms. The van der Waals surface area contributed by atoms with Crippen molar-refractivity contribution in [2.45, 2.75) is 13.3 Å². The molecule has 0 saturated heterocycles. The molecule has 3 aromatic rings. The van der Waals surface area contributed by atoms with Crippen LogP contribution in [0.5, 0.6) is 5.75 Å². The van der Waals surface area contributed by atoms with Crippen LogP contribution in [0.25, 0.3) is 0 Å². The number of rotatable bonds is 6. The van der Waals surface area contributed by atoms with Gasteiger partial charge in [-0.3, -0.25) is 10.1 Å². The van der Waals surface area contributed by atoms with E-state index in [0.717, 1.165) is 16.3 Å². The van der Waals surface area contributed by atoms with E-state index in [0.29, 0.717) is 23.7 Å². The SMILES string of the molecule is Cc1cccc(C(=O)Nc2nnc(CCOc3ccccc3)s2)c1. The molecule has 0 aliphatic heterocycles. The van der Waals surface area contributed by atoms with Gasteiger partial charge in [0.25, 0.3) is 5.91 Å². The van der Waals surface area contributed by atoms with Crippen molar-refractivity contribution in [3.05, 3.63) is 70.7 Å². The number of benzene rings is 2. The van der Waals surface area contributed by atoms with Crippen LogP contribution < -0.4 is 10.1 Å². The van der Waals surface area contributed by atoms with Gasteiger partial charge in [0, 0.05) is 12.0 Å². The number of nitrogens with one attached hydrogen (secondary N) is 1. The van der Waals surface area contributed by atoms with Gasteiger partial charge in [-0.15, -0.1) is 10.2 Å². The van der Waals surface area contributed by atoms with Crippen molar-refractivity contribution in [3.63, 3.8) is 0 Å². The molecule has 122 valence electrons. The number of hydrogen-bond acceptors (Lipinski definition) is 5. The third kappa shape index (κ3) is 4.39. The summed E-state index contributed by atoms with van der Waals surface area (Å²) in [6.07, 6.45) is 0.646. The highest BCUT2D eigenvalue weighted by Gasteiger charge is 2.10. The first-order valence-corrected chi connectivity index (χ1v) is 8.40. The van der Waals surface area contributed by atoms with Crippen LogP contribution in [0.4, 0.5) is 5.13 Å². The predicted octanol–water partition coefficient (Wildman–Crippen LogP) is 3.72. The van der Waals surface area contributed by atoms with Crippen molar-refractivity contribution in [3.8, 4) is 5.75 Å². The van der Waals surface area contributed by atoms with Gasteiger partial charge >= 0.3 is 0 Å². The molecule has 0 radical (unpaired) electrons. The zero-order valence-electron chi connectivity index (χ0n) is 13.2. The smallest absolute Gasteiger partial charge is 0.257 e. The number of ether oxygens (including phenoxy) is 1. The summed E-state index contributed by atoms with van der Waals surface area (Å²) in [6.45, 7) is 2.47. The summed E-state index contributed by atoms with van der Waals surface area (Å²) in [5, 5.41) is 12.2. The fraction of sp³-hybridized carbons (Fsp3) is 0.167. The fourth-order valence-corrected chi connectivity index (χ4v) is 2.85. The number of hydrogen-bond donors (Lipinski definition) is 1. The lowest BCUT2D eigenvalue weighted by molar-refractivity contribution is 0.102. The van der Waals surface area contributed by atoms with Crippen LogP contribution >= 0.6 is 11.3 Å². The Kier molecular flexibility index (Phi) is 5.18. The molecule has 1 heterocycles. The van der Waals surface area contributed by atoms with Gasteiger partial charge in [0.2, 0.25) is 5.13 Å². The molecule has 1 aromatic heterocycles. The maximum atomic E-state index is 12.2. The lowest BCUT2D eigenvalue weighted by atomic mass is 10.1. The number of amides is 1. The van der Waals surface area contributed by atoms with Crippen molar-refractivity contribution in [2.24, 2.45) is 0 Å². The number of nitrogens with zero attached hydrogens (tertiary/aromatic N) is 2. The van der Waals surface area contributed by atoms with E-state index >= 15 is 0 Å². The molecular weight excluding hydrogens is 322 g/mol. The van der Waals surface area contributed by atoms with E-state index in [1.54, 1.807) is 6.07 Å². The van der Waals surface area contributed by atoms with E-state index < -0.39 is 0 Å². The minimum atomic E-state index is -0.179. The first-order chi connectivity index (χ1) is 11.7. The van der Waals surface area contributed by atoms with Crippen molar-refractivity contribution in [1.29, 1.82) is 0 Å². The first kappa shape index (κ1) is 16.1. The number of carbonyl (C=O) groups is 1. The molecule has 1 amide bonds. The summed E-state index contributed by atoms with van der Waals surface area (Å²) in [5.41, 5.74) is 1.65. The average Bonchev–Trinajstić information content (AvgIpc) is 3.03. The van der Waals surface area contributed by atoms with Gasteiger partial charge in [0.1, 0.15) is 10.8 Å². The Bertz CT molecular complexity index is 818. The molecule has 5 nitrogen and oxygen atoms in total. The van der Waals surface area contributed by atoms with E-state index in [2.05, 4.69) is 15.5 Å². The highest BCUT2D eigenvalue weighted by Crippen LogP contribution is 2.17. The van der Waals surface area contributed by atoms with Crippen LogP contribution in [0, 0.1) is 6.92 Å². The van der Waals surface area contributed by atoms with E-state index in [4.69, 9.17) is 4.74 Å². The van der Waals surface area contributed by atoms with Crippen LogP contribution in [0.3, 0.4) is 0 Å². The minimum absolute atomic E-state index is 0.179. The first-order valence-electron chi connectivity index (χ1n) is 7.59. The molecule has 0 aliphatic rings. The molecule has 1 N–H and O–H groups in total. The number of para-hydroxylation sites is 1. The Morgan fingerprint density at radius 3 is 2.75 bits per heavy atom. The molecule has 0 fully saturated rings. The number of aryl methyl sites for hydroxylation is 1. The molecule has 0 aliphatic carbocycles. The van der Waals surface area contributed by atoms with Crippen LogP contribution in [0.2, 0.25) is 0 Å². The second-order valence-electron chi connectivity index (χ2n) is 5.24. The minimum Gasteiger partial charge on any atom is -0.493 e. The lowest BCUT2D eigenvalue weighted by Crippen LogP contribution is -2.11. The second-order valence-corrected chi connectivity index (χ2v) is 6.30. The van der Waals surface area contributed by atoms with E-state index in [-0.39, 0.29) is 5.91 Å². The van der Waals surface area contributed by atoms with Crippen LogP contribution in [0.1, 0.15) is 20.9 Å². The maximum Gasteiger partial charge on any atom is 0.257 e. The van der Waals surface area contributed by atoms with Crippen LogP contribution in [0.15, 0.2) is 54.6 Å². The average molecular weight is 339 g/mol. The van der Waals surface area contributed by atoms with Crippen LogP contribution in [-0.4, -0.2) is 22.7 Å². The van der Waals surface area contributed by atoms with Gasteiger partial charge in [-0.1, -0.05) is 47.2 Å². The van der Waals surface area contributed by atoms with Crippen molar-refractivity contribution in [1.82, 2.24) is 10.2 Å². The maximum absolute atomic E-state index is 12.2. The molecule has 0 unspecified atom stereocenters. The second kappa shape index (κ2) is 7.70. The Hall–Kier alpha value is -2.73. The zero-order valence-corrected chi connectivity index (χ0v) is 14.0. The van der Waals surface area contributed by atoms with E-state index in [1.807, 2.05) is 55.5 Å². The van der Waals surface area contributed by atoms with Gasteiger partial charge in [0.05, 0.1) is 6.61 Å². The monoisotopic (exact) mass is 339 g/mol. The zero-order chi connectivity index (χ0) is 16.8. The highest BCUT2D eigenvalue weighted by atomic mass is 32.1. The lowest BCUT2D eigenvalue weighted by Gasteiger charge is -2.03. The largest absolute Gasteiger partial charge is 0.493 e. The standard InChI is InChI=1S/C18H17N3O2S/c1-13-6-5-7-14(12-13)17(22)19-18-21-20-16(24-18)10-11-23-15-8-3-2-4-9-15/h2-9,12H,10-11H2,1H3,(H,19,21,22). The Balaban J connectivity index is 1.53. The molecule has 0 spiro atoms. The van der Waals surface area contributed by atoms with Gasteiger partial charge in [0.15, 0.2) is 0 Å². The highest BCUT2D eigenvalue weighted by molar-refractivity contribution is 7.15. The predicted molar refractivity (Wildman–Crippen MR) is 94.7 cm³/mol. The third-order valence-electron chi connectivity index (χ3n) is 3.30. The Morgan fingerprint density at radius 1 is 1.12 bits per heavy atom. The molecular formula is C18H17N3O2S. The summed E-state index contributed by atoms with van der Waals surface area (Å²) in [6, 6.07) is 17.0. The molecule has 2 aromatic carbocycles. The van der Waals surface area contributed by atoms with Crippen molar-refractivity contribution >= 4 is 22.4 Å². The summed E-state index contributed by atoms with van der Waals surface area (Å²) in [5.74, 6) is 0.650. The number of aromatic nitrogens is 2. The normalized spacial score (nSPS) is 10.4. The fourth-order valence-electron chi connectivity index (χ4n) is 2.13. The van der Waals surface area contributed by atoms with Gasteiger partial charge in [-0.2, -0.15) is 0 Å². The molecule has 24 heavy (non-hydrogen) atoms.